The van der Waals surface area contributed by atoms with E-state index < -0.39 is 5.54 Å². The van der Waals surface area contributed by atoms with Crippen molar-refractivity contribution in [2.75, 3.05) is 20.2 Å². The van der Waals surface area contributed by atoms with Crippen molar-refractivity contribution in [1.29, 1.82) is 0 Å². The normalized spacial score (nSPS) is 16.3. The summed E-state index contributed by atoms with van der Waals surface area (Å²) in [6.45, 7) is 6.17. The number of nitrogens with zero attached hydrogens (tertiary/aromatic N) is 1. The molecule has 0 saturated carbocycles. The first-order valence-corrected chi connectivity index (χ1v) is 11.6. The third-order valence-electron chi connectivity index (χ3n) is 6.97. The van der Waals surface area contributed by atoms with Gasteiger partial charge < -0.3 is 9.47 Å². The van der Waals surface area contributed by atoms with E-state index in [0.29, 0.717) is 12.2 Å². The standard InChI is InChI=1S/C29H33NO3/c1-28(2,30-20-18-29(32-3,19-21-30)25-12-8-5-9-13-25)27(31)24-14-16-26(17-15-24)33-22-23-10-6-4-7-11-23/h4-17H,18-22H2,1-3H3. The van der Waals surface area contributed by atoms with Gasteiger partial charge >= 0.3 is 0 Å². The van der Waals surface area contributed by atoms with E-state index in [0.717, 1.165) is 37.2 Å². The van der Waals surface area contributed by atoms with Gasteiger partial charge in [0.1, 0.15) is 12.4 Å². The molecule has 1 heterocycles. The maximum absolute atomic E-state index is 13.4. The average Bonchev–Trinajstić information content (AvgIpc) is 2.88. The molecule has 0 amide bonds. The highest BCUT2D eigenvalue weighted by Gasteiger charge is 2.42. The summed E-state index contributed by atoms with van der Waals surface area (Å²) in [4.78, 5) is 15.7. The fourth-order valence-corrected chi connectivity index (χ4v) is 4.72. The van der Waals surface area contributed by atoms with Crippen molar-refractivity contribution in [3.8, 4) is 5.75 Å². The van der Waals surface area contributed by atoms with Gasteiger partial charge in [-0.2, -0.15) is 0 Å². The van der Waals surface area contributed by atoms with Crippen LogP contribution in [0.1, 0.15) is 48.2 Å². The first-order valence-electron chi connectivity index (χ1n) is 11.6. The maximum atomic E-state index is 13.4. The Bertz CT molecular complexity index is 1040. The molecule has 0 aromatic heterocycles. The van der Waals surface area contributed by atoms with Gasteiger partial charge in [-0.15, -0.1) is 0 Å². The summed E-state index contributed by atoms with van der Waals surface area (Å²) in [6.07, 6.45) is 1.72. The van der Waals surface area contributed by atoms with E-state index in [1.54, 1.807) is 7.11 Å². The van der Waals surface area contributed by atoms with Gasteiger partial charge in [0.25, 0.3) is 0 Å². The minimum atomic E-state index is -0.594. The first kappa shape index (κ1) is 23.2. The predicted octanol–water partition coefficient (Wildman–Crippen LogP) is 5.86. The summed E-state index contributed by atoms with van der Waals surface area (Å²) in [5.74, 6) is 0.889. The van der Waals surface area contributed by atoms with Crippen molar-refractivity contribution in [2.24, 2.45) is 0 Å². The third kappa shape index (κ3) is 5.02. The molecule has 0 atom stereocenters. The third-order valence-corrected chi connectivity index (χ3v) is 6.97. The lowest BCUT2D eigenvalue weighted by molar-refractivity contribution is -0.0745. The molecule has 3 aromatic rings. The molecular weight excluding hydrogens is 410 g/mol. The Morgan fingerprint density at radius 3 is 2.03 bits per heavy atom. The molecule has 0 spiro atoms. The van der Waals surface area contributed by atoms with E-state index in [9.17, 15) is 4.79 Å². The molecule has 4 nitrogen and oxygen atoms in total. The van der Waals surface area contributed by atoms with Crippen molar-refractivity contribution < 1.29 is 14.3 Å². The van der Waals surface area contributed by atoms with Crippen LogP contribution in [0.15, 0.2) is 84.9 Å². The number of benzene rings is 3. The lowest BCUT2D eigenvalue weighted by Gasteiger charge is -2.46. The van der Waals surface area contributed by atoms with Crippen molar-refractivity contribution in [2.45, 2.75) is 44.4 Å². The van der Waals surface area contributed by atoms with E-state index in [4.69, 9.17) is 9.47 Å². The van der Waals surface area contributed by atoms with Gasteiger partial charge in [-0.3, -0.25) is 9.69 Å². The highest BCUT2D eigenvalue weighted by Crippen LogP contribution is 2.38. The van der Waals surface area contributed by atoms with Gasteiger partial charge in [-0.25, -0.2) is 0 Å². The summed E-state index contributed by atoms with van der Waals surface area (Å²) >= 11 is 0. The lowest BCUT2D eigenvalue weighted by atomic mass is 9.81. The average molecular weight is 444 g/mol. The number of hydrogen-bond acceptors (Lipinski definition) is 4. The predicted molar refractivity (Wildman–Crippen MR) is 132 cm³/mol. The van der Waals surface area contributed by atoms with Crippen LogP contribution in [0.2, 0.25) is 0 Å². The molecule has 1 fully saturated rings. The van der Waals surface area contributed by atoms with Crippen LogP contribution < -0.4 is 4.74 Å². The highest BCUT2D eigenvalue weighted by atomic mass is 16.5. The number of hydrogen-bond donors (Lipinski definition) is 0. The zero-order chi connectivity index (χ0) is 23.3. The molecule has 3 aromatic carbocycles. The number of piperidine rings is 1. The monoisotopic (exact) mass is 443 g/mol. The van der Waals surface area contributed by atoms with Crippen molar-refractivity contribution in [1.82, 2.24) is 4.90 Å². The van der Waals surface area contributed by atoms with Crippen LogP contribution in [0, 0.1) is 0 Å². The van der Waals surface area contributed by atoms with Crippen LogP contribution in [0.25, 0.3) is 0 Å². The summed E-state index contributed by atoms with van der Waals surface area (Å²) in [6, 6.07) is 28.0. The largest absolute Gasteiger partial charge is 0.489 e. The molecule has 0 N–H and O–H groups in total. The number of Topliss-reactive ketones (excluding diaryl/α,β-unsaturated/α-hetero) is 1. The van der Waals surface area contributed by atoms with Gasteiger partial charge in [-0.1, -0.05) is 60.7 Å². The quantitative estimate of drug-likeness (QED) is 0.409. The number of likely N-dealkylation sites (tertiary alicyclic amines) is 1. The molecule has 4 heteroatoms. The minimum absolute atomic E-state index is 0.127. The van der Waals surface area contributed by atoms with Crippen LogP contribution in [-0.4, -0.2) is 36.4 Å². The minimum Gasteiger partial charge on any atom is -0.489 e. The van der Waals surface area contributed by atoms with Gasteiger partial charge in [0.05, 0.1) is 11.1 Å². The zero-order valence-electron chi connectivity index (χ0n) is 19.8. The van der Waals surface area contributed by atoms with Gasteiger partial charge in [0.15, 0.2) is 5.78 Å². The molecule has 172 valence electrons. The first-order chi connectivity index (χ1) is 15.9. The van der Waals surface area contributed by atoms with Crippen LogP contribution >= 0.6 is 0 Å². The molecule has 1 aliphatic rings. The van der Waals surface area contributed by atoms with E-state index in [2.05, 4.69) is 29.2 Å². The Morgan fingerprint density at radius 2 is 1.45 bits per heavy atom. The summed E-state index contributed by atoms with van der Waals surface area (Å²) in [5, 5.41) is 0. The van der Waals surface area contributed by atoms with E-state index in [1.165, 1.54) is 5.56 Å². The number of carbonyl (C=O) groups excluding carboxylic acids is 1. The summed E-state index contributed by atoms with van der Waals surface area (Å²) in [5.41, 5.74) is 2.16. The topological polar surface area (TPSA) is 38.8 Å². The molecule has 1 aliphatic heterocycles. The van der Waals surface area contributed by atoms with Crippen LogP contribution in [0.3, 0.4) is 0 Å². The molecule has 0 aliphatic carbocycles. The molecule has 0 bridgehead atoms. The SMILES string of the molecule is COC1(c2ccccc2)CCN(C(C)(C)C(=O)c2ccc(OCc3ccccc3)cc2)CC1. The van der Waals surface area contributed by atoms with Crippen LogP contribution in [0.5, 0.6) is 5.75 Å². The second kappa shape index (κ2) is 9.90. The number of carbonyl (C=O) groups is 1. The van der Waals surface area contributed by atoms with E-state index in [-0.39, 0.29) is 11.4 Å². The van der Waals surface area contributed by atoms with Crippen LogP contribution in [0.4, 0.5) is 0 Å². The second-order valence-electron chi connectivity index (χ2n) is 9.24. The Morgan fingerprint density at radius 1 is 0.879 bits per heavy atom. The van der Waals surface area contributed by atoms with Crippen molar-refractivity contribution >= 4 is 5.78 Å². The molecule has 0 unspecified atom stereocenters. The van der Waals surface area contributed by atoms with Gasteiger partial charge in [0.2, 0.25) is 0 Å². The number of rotatable bonds is 8. The second-order valence-corrected chi connectivity index (χ2v) is 9.24. The number of ketones is 1. The van der Waals surface area contributed by atoms with E-state index in [1.807, 2.05) is 74.5 Å². The van der Waals surface area contributed by atoms with Gasteiger partial charge in [0, 0.05) is 25.8 Å². The molecule has 0 radical (unpaired) electrons. The summed E-state index contributed by atoms with van der Waals surface area (Å²) in [7, 11) is 1.79. The lowest BCUT2D eigenvalue weighted by Crippen LogP contribution is -2.55. The molecule has 1 saturated heterocycles. The Hall–Kier alpha value is -2.95. The van der Waals surface area contributed by atoms with E-state index >= 15 is 0 Å². The molecule has 4 rings (SSSR count). The Balaban J connectivity index is 1.39. The fourth-order valence-electron chi connectivity index (χ4n) is 4.72. The van der Waals surface area contributed by atoms with Crippen LogP contribution in [-0.2, 0) is 16.9 Å². The number of methoxy groups -OCH3 is 1. The zero-order valence-corrected chi connectivity index (χ0v) is 19.8. The van der Waals surface area contributed by atoms with Crippen molar-refractivity contribution in [3.63, 3.8) is 0 Å². The highest BCUT2D eigenvalue weighted by molar-refractivity contribution is 6.02. The molecule has 33 heavy (non-hydrogen) atoms. The Labute approximate surface area is 197 Å². The van der Waals surface area contributed by atoms with Gasteiger partial charge in [-0.05, 0) is 62.1 Å². The number of ether oxygens (including phenoxy) is 2. The smallest absolute Gasteiger partial charge is 0.182 e. The molecular formula is C29H33NO3. The fraction of sp³-hybridized carbons (Fsp3) is 0.345. The maximum Gasteiger partial charge on any atom is 0.182 e. The van der Waals surface area contributed by atoms with Crippen molar-refractivity contribution in [3.05, 3.63) is 102 Å². The summed E-state index contributed by atoms with van der Waals surface area (Å²) < 4.78 is 11.9. The Kier molecular flexibility index (Phi) is 6.96.